The van der Waals surface area contributed by atoms with Gasteiger partial charge < -0.3 is 5.43 Å². The molecule has 0 aliphatic carbocycles. The van der Waals surface area contributed by atoms with E-state index in [1.54, 1.807) is 12.1 Å². The topological polar surface area (TPSA) is 81.2 Å². The van der Waals surface area contributed by atoms with Gasteiger partial charge in [-0.2, -0.15) is 0 Å². The standard InChI is InChI=1S/C14H15N3O2S/c1-9-3-4-10(2)14(5-9)20-13-7-11(16-15)6-12(8-13)17(18)19/h3-8,16H,15H2,1-2H3. The van der Waals surface area contributed by atoms with Crippen molar-refractivity contribution in [1.29, 1.82) is 0 Å². The highest BCUT2D eigenvalue weighted by molar-refractivity contribution is 7.99. The minimum Gasteiger partial charge on any atom is -0.324 e. The Hall–Kier alpha value is -2.05. The van der Waals surface area contributed by atoms with Gasteiger partial charge in [-0.1, -0.05) is 23.9 Å². The molecular weight excluding hydrogens is 274 g/mol. The predicted octanol–water partition coefficient (Wildman–Crippen LogP) is 3.65. The van der Waals surface area contributed by atoms with Crippen LogP contribution in [0.15, 0.2) is 46.2 Å². The van der Waals surface area contributed by atoms with Crippen LogP contribution in [-0.4, -0.2) is 4.92 Å². The van der Waals surface area contributed by atoms with Crippen molar-refractivity contribution in [3.05, 3.63) is 57.6 Å². The first-order valence-corrected chi connectivity index (χ1v) is 6.82. The summed E-state index contributed by atoms with van der Waals surface area (Å²) in [5.41, 5.74) is 5.29. The molecule has 104 valence electrons. The Balaban J connectivity index is 2.39. The summed E-state index contributed by atoms with van der Waals surface area (Å²) < 4.78 is 0. The SMILES string of the molecule is Cc1ccc(C)c(Sc2cc(NN)cc([N+](=O)[O-])c2)c1. The van der Waals surface area contributed by atoms with Gasteiger partial charge in [0.15, 0.2) is 0 Å². The molecule has 0 aliphatic rings. The molecule has 0 saturated carbocycles. The maximum Gasteiger partial charge on any atom is 0.272 e. The van der Waals surface area contributed by atoms with Crippen molar-refractivity contribution in [3.63, 3.8) is 0 Å². The number of nitro groups is 1. The number of aryl methyl sites for hydroxylation is 2. The average Bonchev–Trinajstić information content (AvgIpc) is 2.42. The van der Waals surface area contributed by atoms with Crippen LogP contribution in [0.1, 0.15) is 11.1 Å². The summed E-state index contributed by atoms with van der Waals surface area (Å²) in [6.07, 6.45) is 0. The minimum absolute atomic E-state index is 0.0215. The van der Waals surface area contributed by atoms with E-state index in [4.69, 9.17) is 5.84 Å². The number of hydrogen-bond acceptors (Lipinski definition) is 5. The first-order chi connectivity index (χ1) is 9.49. The Kier molecular flexibility index (Phi) is 4.26. The van der Waals surface area contributed by atoms with Gasteiger partial charge in [0.25, 0.3) is 5.69 Å². The number of nitrogen functional groups attached to an aromatic ring is 1. The number of non-ortho nitro benzene ring substituents is 1. The molecule has 0 fully saturated rings. The third kappa shape index (κ3) is 3.28. The molecule has 0 aliphatic heterocycles. The van der Waals surface area contributed by atoms with Gasteiger partial charge in [0.1, 0.15) is 0 Å². The van der Waals surface area contributed by atoms with Gasteiger partial charge in [0, 0.05) is 21.9 Å². The molecule has 2 aromatic rings. The molecule has 0 radical (unpaired) electrons. The molecule has 2 aromatic carbocycles. The van der Waals surface area contributed by atoms with E-state index < -0.39 is 4.92 Å². The molecule has 20 heavy (non-hydrogen) atoms. The van der Waals surface area contributed by atoms with Gasteiger partial charge in [0.05, 0.1) is 10.6 Å². The fraction of sp³-hybridized carbons (Fsp3) is 0.143. The molecule has 5 nitrogen and oxygen atoms in total. The van der Waals surface area contributed by atoms with Crippen LogP contribution in [0.4, 0.5) is 11.4 Å². The summed E-state index contributed by atoms with van der Waals surface area (Å²) in [6.45, 7) is 4.03. The number of anilines is 1. The van der Waals surface area contributed by atoms with E-state index in [2.05, 4.69) is 11.5 Å². The highest BCUT2D eigenvalue weighted by Crippen LogP contribution is 2.34. The molecule has 0 unspecified atom stereocenters. The van der Waals surface area contributed by atoms with Crippen molar-refractivity contribution in [3.8, 4) is 0 Å². The van der Waals surface area contributed by atoms with Crippen molar-refractivity contribution >= 4 is 23.1 Å². The van der Waals surface area contributed by atoms with Crippen LogP contribution in [0.5, 0.6) is 0 Å². The minimum atomic E-state index is -0.423. The maximum atomic E-state index is 10.9. The summed E-state index contributed by atoms with van der Waals surface area (Å²) in [5.74, 6) is 5.35. The van der Waals surface area contributed by atoms with Gasteiger partial charge in [-0.3, -0.25) is 16.0 Å². The monoisotopic (exact) mass is 289 g/mol. The summed E-state index contributed by atoms with van der Waals surface area (Å²) >= 11 is 1.49. The summed E-state index contributed by atoms with van der Waals surface area (Å²) in [4.78, 5) is 12.4. The highest BCUT2D eigenvalue weighted by Gasteiger charge is 2.11. The Morgan fingerprint density at radius 2 is 1.95 bits per heavy atom. The number of rotatable bonds is 4. The molecule has 0 heterocycles. The maximum absolute atomic E-state index is 10.9. The summed E-state index contributed by atoms with van der Waals surface area (Å²) in [5, 5.41) is 10.9. The molecule has 0 atom stereocenters. The Morgan fingerprint density at radius 1 is 1.20 bits per heavy atom. The quantitative estimate of drug-likeness (QED) is 0.510. The van der Waals surface area contributed by atoms with Gasteiger partial charge >= 0.3 is 0 Å². The number of nitrogens with one attached hydrogen (secondary N) is 1. The molecule has 0 amide bonds. The first kappa shape index (κ1) is 14.4. The van der Waals surface area contributed by atoms with Gasteiger partial charge in [-0.25, -0.2) is 0 Å². The van der Waals surface area contributed by atoms with E-state index >= 15 is 0 Å². The molecule has 3 N–H and O–H groups in total. The van der Waals surface area contributed by atoms with E-state index in [1.807, 2.05) is 26.0 Å². The molecular formula is C14H15N3O2S. The Bertz CT molecular complexity index is 659. The van der Waals surface area contributed by atoms with Crippen LogP contribution >= 0.6 is 11.8 Å². The van der Waals surface area contributed by atoms with Crippen molar-refractivity contribution < 1.29 is 4.92 Å². The number of nitro benzene ring substituents is 1. The third-order valence-electron chi connectivity index (χ3n) is 2.84. The smallest absolute Gasteiger partial charge is 0.272 e. The van der Waals surface area contributed by atoms with E-state index in [-0.39, 0.29) is 5.69 Å². The van der Waals surface area contributed by atoms with Gasteiger partial charge in [-0.15, -0.1) is 0 Å². The van der Waals surface area contributed by atoms with Gasteiger partial charge in [-0.05, 0) is 37.1 Å². The lowest BCUT2D eigenvalue weighted by atomic mass is 10.2. The van der Waals surface area contributed by atoms with Crippen LogP contribution in [-0.2, 0) is 0 Å². The third-order valence-corrected chi connectivity index (χ3v) is 3.97. The number of hydrazine groups is 1. The lowest BCUT2D eigenvalue weighted by Gasteiger charge is -2.08. The van der Waals surface area contributed by atoms with Crippen molar-refractivity contribution in [2.45, 2.75) is 23.6 Å². The number of benzene rings is 2. The number of nitrogens with zero attached hydrogens (tertiary/aromatic N) is 1. The lowest BCUT2D eigenvalue weighted by Crippen LogP contribution is -2.07. The van der Waals surface area contributed by atoms with Crippen LogP contribution in [0.3, 0.4) is 0 Å². The zero-order chi connectivity index (χ0) is 14.7. The molecule has 0 saturated heterocycles. The second kappa shape index (κ2) is 5.94. The molecule has 0 spiro atoms. The van der Waals surface area contributed by atoms with Crippen LogP contribution in [0.2, 0.25) is 0 Å². The predicted molar refractivity (Wildman–Crippen MR) is 80.9 cm³/mol. The molecule has 0 bridgehead atoms. The van der Waals surface area contributed by atoms with Crippen molar-refractivity contribution in [2.75, 3.05) is 5.43 Å². The zero-order valence-corrected chi connectivity index (χ0v) is 12.0. The average molecular weight is 289 g/mol. The number of nitrogens with two attached hydrogens (primary N) is 1. The summed E-state index contributed by atoms with van der Waals surface area (Å²) in [6, 6.07) is 10.9. The fourth-order valence-corrected chi connectivity index (χ4v) is 2.87. The van der Waals surface area contributed by atoms with Crippen molar-refractivity contribution in [1.82, 2.24) is 0 Å². The van der Waals surface area contributed by atoms with Gasteiger partial charge in [0.2, 0.25) is 0 Å². The Morgan fingerprint density at radius 3 is 2.60 bits per heavy atom. The zero-order valence-electron chi connectivity index (χ0n) is 11.2. The fourth-order valence-electron chi connectivity index (χ4n) is 1.78. The largest absolute Gasteiger partial charge is 0.324 e. The lowest BCUT2D eigenvalue weighted by molar-refractivity contribution is -0.385. The van der Waals surface area contributed by atoms with Crippen LogP contribution in [0, 0.1) is 24.0 Å². The van der Waals surface area contributed by atoms with E-state index in [0.29, 0.717) is 5.69 Å². The van der Waals surface area contributed by atoms with E-state index in [0.717, 1.165) is 20.9 Å². The molecule has 6 heteroatoms. The normalized spacial score (nSPS) is 10.3. The summed E-state index contributed by atoms with van der Waals surface area (Å²) in [7, 11) is 0. The molecule has 0 aromatic heterocycles. The van der Waals surface area contributed by atoms with E-state index in [9.17, 15) is 10.1 Å². The second-order valence-corrected chi connectivity index (χ2v) is 5.60. The Labute approximate surface area is 121 Å². The number of hydrogen-bond donors (Lipinski definition) is 2. The van der Waals surface area contributed by atoms with Crippen molar-refractivity contribution in [2.24, 2.45) is 5.84 Å². The van der Waals surface area contributed by atoms with Crippen LogP contribution in [0.25, 0.3) is 0 Å². The highest BCUT2D eigenvalue weighted by atomic mass is 32.2. The second-order valence-electron chi connectivity index (χ2n) is 4.49. The first-order valence-electron chi connectivity index (χ1n) is 6.01. The molecule has 2 rings (SSSR count). The van der Waals surface area contributed by atoms with Crippen LogP contribution < -0.4 is 11.3 Å². The van der Waals surface area contributed by atoms with E-state index in [1.165, 1.54) is 17.8 Å².